The fraction of sp³-hybridized carbons (Fsp3) is 0.667. The van der Waals surface area contributed by atoms with E-state index in [0.717, 1.165) is 38.0 Å². The number of nitrogens with two attached hydrogens (primary N) is 1. The first-order chi connectivity index (χ1) is 11.8. The molecule has 1 saturated heterocycles. The van der Waals surface area contributed by atoms with E-state index in [1.807, 2.05) is 0 Å². The largest absolute Gasteiger partial charge is 0.417 e. The maximum Gasteiger partial charge on any atom is 0.417 e. The zero-order chi connectivity index (χ0) is 18.0. The van der Waals surface area contributed by atoms with Crippen LogP contribution in [0.1, 0.15) is 50.5 Å². The Morgan fingerprint density at radius 2 is 1.68 bits per heavy atom. The van der Waals surface area contributed by atoms with E-state index in [0.29, 0.717) is 5.69 Å². The van der Waals surface area contributed by atoms with Crippen LogP contribution in [0.15, 0.2) is 16.6 Å². The van der Waals surface area contributed by atoms with Crippen LogP contribution in [-0.2, 0) is 6.18 Å². The summed E-state index contributed by atoms with van der Waals surface area (Å²) in [4.78, 5) is 2.59. The molecule has 0 aromatic heterocycles. The molecule has 2 fully saturated rings. The summed E-state index contributed by atoms with van der Waals surface area (Å²) in [6.07, 6.45) is 4.21. The molecule has 3 rings (SSSR count). The Morgan fingerprint density at radius 1 is 1.04 bits per heavy atom. The molecule has 1 aliphatic heterocycles. The summed E-state index contributed by atoms with van der Waals surface area (Å²) in [5.41, 5.74) is 5.84. The van der Waals surface area contributed by atoms with E-state index in [-0.39, 0.29) is 16.2 Å². The Bertz CT molecular complexity index is 592. The molecule has 0 amide bonds. The highest BCUT2D eigenvalue weighted by atomic mass is 79.9. The molecule has 1 saturated carbocycles. The molecule has 7 heteroatoms. The zero-order valence-corrected chi connectivity index (χ0v) is 15.8. The maximum atomic E-state index is 12.9. The number of halogens is 4. The number of rotatable bonds is 3. The predicted octanol–water partition coefficient (Wildman–Crippen LogP) is 5.26. The molecule has 2 aliphatic rings. The second kappa shape index (κ2) is 7.74. The minimum atomic E-state index is -4.41. The molecule has 140 valence electrons. The minimum Gasteiger partial charge on any atom is -0.397 e. The Hall–Kier alpha value is -0.950. The van der Waals surface area contributed by atoms with Crippen molar-refractivity contribution >= 4 is 27.3 Å². The van der Waals surface area contributed by atoms with Crippen molar-refractivity contribution in [3.63, 3.8) is 0 Å². The van der Waals surface area contributed by atoms with Gasteiger partial charge in [0.05, 0.1) is 16.9 Å². The summed E-state index contributed by atoms with van der Waals surface area (Å²) >= 11 is 3.02. The predicted molar refractivity (Wildman–Crippen MR) is 98.6 cm³/mol. The molecule has 0 spiro atoms. The average molecular weight is 420 g/mol. The second-order valence-corrected chi connectivity index (χ2v) is 8.02. The lowest BCUT2D eigenvalue weighted by molar-refractivity contribution is -0.138. The van der Waals surface area contributed by atoms with Crippen LogP contribution in [0.25, 0.3) is 0 Å². The number of nitrogens with zero attached hydrogens (tertiary/aromatic N) is 1. The van der Waals surface area contributed by atoms with Crippen molar-refractivity contribution in [3.05, 3.63) is 22.2 Å². The summed E-state index contributed by atoms with van der Waals surface area (Å²) in [5, 5.41) is 3.34. The molecule has 0 atom stereocenters. The molecule has 1 aromatic carbocycles. The lowest BCUT2D eigenvalue weighted by atomic mass is 9.92. The van der Waals surface area contributed by atoms with Gasteiger partial charge in [-0.1, -0.05) is 35.2 Å². The second-order valence-electron chi connectivity index (χ2n) is 7.16. The van der Waals surface area contributed by atoms with Crippen molar-refractivity contribution < 1.29 is 13.2 Å². The highest BCUT2D eigenvalue weighted by Crippen LogP contribution is 2.39. The van der Waals surface area contributed by atoms with Gasteiger partial charge in [0.2, 0.25) is 0 Å². The van der Waals surface area contributed by atoms with Gasteiger partial charge in [0.15, 0.2) is 0 Å². The smallest absolute Gasteiger partial charge is 0.397 e. The third-order valence-electron chi connectivity index (χ3n) is 5.42. The lowest BCUT2D eigenvalue weighted by Gasteiger charge is -2.39. The number of alkyl halides is 3. The first-order valence-electron chi connectivity index (χ1n) is 9.01. The normalized spacial score (nSPS) is 21.4. The molecule has 0 bridgehead atoms. The van der Waals surface area contributed by atoms with E-state index in [1.54, 1.807) is 0 Å². The standard InChI is InChI=1S/C18H25BrF3N3/c19-15-11-17(16(23)10-14(15)18(20,21)22)24-12-6-8-25(9-7-12)13-4-2-1-3-5-13/h10-13,24H,1-9,23H2. The number of nitrogen functional groups attached to an aromatic ring is 1. The summed E-state index contributed by atoms with van der Waals surface area (Å²) in [6.45, 7) is 2.09. The number of likely N-dealkylation sites (tertiary alicyclic amines) is 1. The number of piperidine rings is 1. The molecule has 0 radical (unpaired) electrons. The summed E-state index contributed by atoms with van der Waals surface area (Å²) in [5.74, 6) is 0. The van der Waals surface area contributed by atoms with Crippen LogP contribution in [0, 0.1) is 0 Å². The van der Waals surface area contributed by atoms with E-state index in [2.05, 4.69) is 26.1 Å². The Labute approximate surface area is 155 Å². The van der Waals surface area contributed by atoms with Crippen LogP contribution in [0.5, 0.6) is 0 Å². The van der Waals surface area contributed by atoms with Gasteiger partial charge in [0.1, 0.15) is 0 Å². The molecular weight excluding hydrogens is 395 g/mol. The van der Waals surface area contributed by atoms with E-state index in [1.165, 1.54) is 38.2 Å². The van der Waals surface area contributed by atoms with Crippen LogP contribution in [0.2, 0.25) is 0 Å². The van der Waals surface area contributed by atoms with Crippen LogP contribution in [0.4, 0.5) is 24.5 Å². The van der Waals surface area contributed by atoms with Gasteiger partial charge in [-0.25, -0.2) is 0 Å². The topological polar surface area (TPSA) is 41.3 Å². The van der Waals surface area contributed by atoms with Gasteiger partial charge in [-0.05, 0) is 37.8 Å². The van der Waals surface area contributed by atoms with E-state index in [4.69, 9.17) is 5.73 Å². The van der Waals surface area contributed by atoms with Gasteiger partial charge in [-0.2, -0.15) is 13.2 Å². The summed E-state index contributed by atoms with van der Waals surface area (Å²) in [7, 11) is 0. The number of benzene rings is 1. The zero-order valence-electron chi connectivity index (χ0n) is 14.2. The molecule has 3 nitrogen and oxygen atoms in total. The summed E-state index contributed by atoms with van der Waals surface area (Å²) < 4.78 is 38.8. The Morgan fingerprint density at radius 3 is 2.28 bits per heavy atom. The first-order valence-corrected chi connectivity index (χ1v) is 9.80. The van der Waals surface area contributed by atoms with Gasteiger partial charge in [0.25, 0.3) is 0 Å². The van der Waals surface area contributed by atoms with Gasteiger partial charge in [-0.3, -0.25) is 0 Å². The van der Waals surface area contributed by atoms with Crippen molar-refractivity contribution in [2.75, 3.05) is 24.1 Å². The fourth-order valence-corrected chi connectivity index (χ4v) is 4.58. The van der Waals surface area contributed by atoms with Crippen LogP contribution >= 0.6 is 15.9 Å². The van der Waals surface area contributed by atoms with Gasteiger partial charge >= 0.3 is 6.18 Å². The van der Waals surface area contributed by atoms with Gasteiger partial charge in [0, 0.05) is 29.6 Å². The number of anilines is 2. The van der Waals surface area contributed by atoms with Crippen molar-refractivity contribution in [2.45, 2.75) is 63.2 Å². The molecule has 1 aromatic rings. The SMILES string of the molecule is Nc1cc(C(F)(F)F)c(Br)cc1NC1CCN(C2CCCCC2)CC1. The monoisotopic (exact) mass is 419 g/mol. The van der Waals surface area contributed by atoms with Crippen molar-refractivity contribution in [1.29, 1.82) is 0 Å². The van der Waals surface area contributed by atoms with E-state index in [9.17, 15) is 13.2 Å². The third-order valence-corrected chi connectivity index (χ3v) is 6.08. The maximum absolute atomic E-state index is 12.9. The van der Waals surface area contributed by atoms with Crippen LogP contribution in [0.3, 0.4) is 0 Å². The average Bonchev–Trinajstić information content (AvgIpc) is 2.58. The van der Waals surface area contributed by atoms with Crippen LogP contribution < -0.4 is 11.1 Å². The van der Waals surface area contributed by atoms with E-state index < -0.39 is 11.7 Å². The first kappa shape index (κ1) is 18.8. The molecule has 1 aliphatic carbocycles. The lowest BCUT2D eigenvalue weighted by Crippen LogP contribution is -2.45. The highest BCUT2D eigenvalue weighted by molar-refractivity contribution is 9.10. The van der Waals surface area contributed by atoms with E-state index >= 15 is 0 Å². The Balaban J connectivity index is 1.59. The molecule has 1 heterocycles. The molecule has 0 unspecified atom stereocenters. The fourth-order valence-electron chi connectivity index (χ4n) is 4.01. The summed E-state index contributed by atoms with van der Waals surface area (Å²) in [6, 6.07) is 3.43. The number of hydrogen-bond donors (Lipinski definition) is 2. The molecule has 25 heavy (non-hydrogen) atoms. The van der Waals surface area contributed by atoms with Crippen molar-refractivity contribution in [1.82, 2.24) is 4.90 Å². The van der Waals surface area contributed by atoms with Crippen molar-refractivity contribution in [2.24, 2.45) is 0 Å². The minimum absolute atomic E-state index is 0.0244. The number of nitrogens with one attached hydrogen (secondary N) is 1. The highest BCUT2D eigenvalue weighted by Gasteiger charge is 2.34. The van der Waals surface area contributed by atoms with Gasteiger partial charge < -0.3 is 16.0 Å². The molecular formula is C18H25BrF3N3. The Kier molecular flexibility index (Phi) is 5.83. The van der Waals surface area contributed by atoms with Crippen LogP contribution in [-0.4, -0.2) is 30.1 Å². The number of hydrogen-bond acceptors (Lipinski definition) is 3. The molecule has 3 N–H and O–H groups in total. The van der Waals surface area contributed by atoms with Crippen molar-refractivity contribution in [3.8, 4) is 0 Å². The third kappa shape index (κ3) is 4.61. The van der Waals surface area contributed by atoms with Gasteiger partial charge in [-0.15, -0.1) is 0 Å². The quantitative estimate of drug-likeness (QED) is 0.656.